The Labute approximate surface area is 212 Å². The predicted molar refractivity (Wildman–Crippen MR) is 145 cm³/mol. The molecule has 2 heterocycles. The Bertz CT molecular complexity index is 1440. The van der Waals surface area contributed by atoms with Crippen molar-refractivity contribution in [2.75, 3.05) is 23.1 Å². The Balaban J connectivity index is 1.37. The summed E-state index contributed by atoms with van der Waals surface area (Å²) in [5.74, 6) is 1.45. The van der Waals surface area contributed by atoms with Gasteiger partial charge in [0.25, 0.3) is 0 Å². The van der Waals surface area contributed by atoms with Crippen LogP contribution in [-0.4, -0.2) is 49.8 Å². The fourth-order valence-electron chi connectivity index (χ4n) is 5.06. The van der Waals surface area contributed by atoms with Gasteiger partial charge in [0.15, 0.2) is 0 Å². The molecular weight excluding hydrogens is 472 g/mol. The molecule has 0 bridgehead atoms. The molecule has 3 aromatic rings. The Morgan fingerprint density at radius 3 is 2.44 bits per heavy atom. The molecule has 0 aliphatic carbocycles. The first kappa shape index (κ1) is 24.3. The lowest BCUT2D eigenvalue weighted by molar-refractivity contribution is 0.130. The molecule has 1 fully saturated rings. The average Bonchev–Trinajstić information content (AvgIpc) is 2.85. The summed E-state index contributed by atoms with van der Waals surface area (Å²) in [5.41, 5.74) is 3.97. The molecule has 0 unspecified atom stereocenters. The van der Waals surface area contributed by atoms with Gasteiger partial charge in [-0.25, -0.2) is 8.42 Å². The van der Waals surface area contributed by atoms with Crippen LogP contribution in [0, 0.1) is 10.8 Å². The summed E-state index contributed by atoms with van der Waals surface area (Å²) in [6, 6.07) is 17.7. The highest BCUT2D eigenvalue weighted by atomic mass is 32.2. The lowest BCUT2D eigenvalue weighted by atomic mass is 10.0. The van der Waals surface area contributed by atoms with E-state index in [-0.39, 0.29) is 18.4 Å². The zero-order valence-electron chi connectivity index (χ0n) is 20.8. The topological polar surface area (TPSA) is 97.6 Å². The Morgan fingerprint density at radius 2 is 1.72 bits per heavy atom. The summed E-state index contributed by atoms with van der Waals surface area (Å²) in [6.45, 7) is 5.49. The number of fused-ring (bicyclic) bond motifs is 2. The maximum atomic E-state index is 13.1. The molecule has 2 aliphatic rings. The number of hydrogen-bond acceptors (Lipinski definition) is 5. The number of benzene rings is 3. The molecule has 0 radical (unpaired) electrons. The molecule has 188 valence electrons. The number of ether oxygens (including phenoxy) is 1. The maximum absolute atomic E-state index is 13.1. The van der Waals surface area contributed by atoms with Crippen molar-refractivity contribution in [2.45, 2.75) is 45.8 Å². The third kappa shape index (κ3) is 4.95. The second-order valence-electron chi connectivity index (χ2n) is 9.77. The number of sulfonamides is 1. The lowest BCUT2D eigenvalue weighted by Crippen LogP contribution is -2.40. The number of rotatable bonds is 5. The van der Waals surface area contributed by atoms with E-state index in [0.29, 0.717) is 23.7 Å². The van der Waals surface area contributed by atoms with E-state index in [0.717, 1.165) is 59.1 Å². The minimum absolute atomic E-state index is 0.0746. The van der Waals surface area contributed by atoms with Gasteiger partial charge in [-0.05, 0) is 78.1 Å². The van der Waals surface area contributed by atoms with Crippen molar-refractivity contribution in [3.8, 4) is 5.75 Å². The van der Waals surface area contributed by atoms with Crippen molar-refractivity contribution in [1.82, 2.24) is 4.90 Å². The van der Waals surface area contributed by atoms with Crippen molar-refractivity contribution in [3.63, 3.8) is 0 Å². The molecule has 2 N–H and O–H groups in total. The number of likely N-dealkylation sites (tertiary alicyclic amines) is 1. The molecule has 0 aromatic heterocycles. The number of hydrogen-bond donors (Lipinski definition) is 2. The van der Waals surface area contributed by atoms with Crippen molar-refractivity contribution in [3.05, 3.63) is 71.3 Å². The molecule has 1 saturated heterocycles. The standard InChI is InChI=1S/C28H32N4O3S/c1-19(29)23-6-5-22-4-3-21(15-25(22)16-23)18-32-28-8-7-27(17-24(28)11-14-36(32,33)34)35-26-9-12-31(13-10-26)20(2)30/h3-8,15-17,26,29-30H,9-14,18H2,1-2H3. The van der Waals surface area contributed by atoms with E-state index in [2.05, 4.69) is 4.90 Å². The zero-order valence-corrected chi connectivity index (χ0v) is 21.6. The van der Waals surface area contributed by atoms with Gasteiger partial charge in [0.2, 0.25) is 10.0 Å². The summed E-state index contributed by atoms with van der Waals surface area (Å²) >= 11 is 0. The van der Waals surface area contributed by atoms with E-state index in [9.17, 15) is 8.42 Å². The largest absolute Gasteiger partial charge is 0.490 e. The normalized spacial score (nSPS) is 17.6. The molecule has 3 aromatic carbocycles. The number of amidine groups is 1. The highest BCUT2D eigenvalue weighted by Crippen LogP contribution is 2.35. The number of nitrogens with one attached hydrogen (secondary N) is 2. The number of aryl methyl sites for hydroxylation is 1. The van der Waals surface area contributed by atoms with Gasteiger partial charge in [-0.2, -0.15) is 0 Å². The first-order valence-electron chi connectivity index (χ1n) is 12.4. The van der Waals surface area contributed by atoms with Crippen molar-refractivity contribution < 1.29 is 13.2 Å². The number of nitrogens with zero attached hydrogens (tertiary/aromatic N) is 2. The quantitative estimate of drug-likeness (QED) is 0.379. The molecule has 8 heteroatoms. The van der Waals surface area contributed by atoms with E-state index < -0.39 is 10.0 Å². The van der Waals surface area contributed by atoms with E-state index in [1.165, 1.54) is 4.31 Å². The molecule has 0 saturated carbocycles. The zero-order chi connectivity index (χ0) is 25.4. The highest BCUT2D eigenvalue weighted by Gasteiger charge is 2.30. The SMILES string of the molecule is CC(=N)c1ccc2ccc(CN3c4ccc(OC5CCN(C(C)=N)CC5)cc4CCS3(=O)=O)cc2c1. The molecule has 2 aliphatic heterocycles. The van der Waals surface area contributed by atoms with Crippen molar-refractivity contribution in [1.29, 1.82) is 10.8 Å². The van der Waals surface area contributed by atoms with Gasteiger partial charge in [-0.1, -0.05) is 24.3 Å². The summed E-state index contributed by atoms with van der Waals surface area (Å²) < 4.78 is 33.9. The minimum Gasteiger partial charge on any atom is -0.490 e. The highest BCUT2D eigenvalue weighted by molar-refractivity contribution is 7.92. The van der Waals surface area contributed by atoms with Gasteiger partial charge in [0.05, 0.1) is 23.8 Å². The van der Waals surface area contributed by atoms with Gasteiger partial charge < -0.3 is 15.0 Å². The molecule has 36 heavy (non-hydrogen) atoms. The smallest absolute Gasteiger partial charge is 0.235 e. The molecule has 0 spiro atoms. The van der Waals surface area contributed by atoms with Crippen molar-refractivity contribution >= 4 is 38.0 Å². The molecule has 7 nitrogen and oxygen atoms in total. The van der Waals surface area contributed by atoms with Crippen LogP contribution in [0.4, 0.5) is 5.69 Å². The average molecular weight is 505 g/mol. The van der Waals surface area contributed by atoms with Crippen LogP contribution in [0.5, 0.6) is 5.75 Å². The van der Waals surface area contributed by atoms with Crippen LogP contribution >= 0.6 is 0 Å². The van der Waals surface area contributed by atoms with Gasteiger partial charge in [-0.3, -0.25) is 9.71 Å². The number of piperidine rings is 1. The van der Waals surface area contributed by atoms with E-state index in [4.69, 9.17) is 15.6 Å². The van der Waals surface area contributed by atoms with Crippen LogP contribution in [0.15, 0.2) is 54.6 Å². The van der Waals surface area contributed by atoms with Crippen molar-refractivity contribution in [2.24, 2.45) is 0 Å². The third-order valence-electron chi connectivity index (χ3n) is 7.17. The first-order chi connectivity index (χ1) is 17.2. The summed E-state index contributed by atoms with van der Waals surface area (Å²) in [6.07, 6.45) is 2.31. The van der Waals surface area contributed by atoms with E-state index in [1.807, 2.05) is 61.5 Å². The van der Waals surface area contributed by atoms with Crippen LogP contribution in [0.2, 0.25) is 0 Å². The maximum Gasteiger partial charge on any atom is 0.235 e. The second-order valence-corrected chi connectivity index (χ2v) is 11.8. The van der Waals surface area contributed by atoms with Crippen LogP contribution in [0.1, 0.15) is 43.4 Å². The third-order valence-corrected chi connectivity index (χ3v) is 8.89. The van der Waals surface area contributed by atoms with Gasteiger partial charge in [0, 0.05) is 31.6 Å². The second kappa shape index (κ2) is 9.58. The summed E-state index contributed by atoms with van der Waals surface area (Å²) in [7, 11) is -3.43. The van der Waals surface area contributed by atoms with E-state index >= 15 is 0 Å². The summed E-state index contributed by atoms with van der Waals surface area (Å²) in [4.78, 5) is 2.06. The van der Waals surface area contributed by atoms with Crippen LogP contribution in [0.25, 0.3) is 10.8 Å². The monoisotopic (exact) mass is 504 g/mol. The Hall–Kier alpha value is -3.39. The van der Waals surface area contributed by atoms with E-state index in [1.54, 1.807) is 6.92 Å². The molecular formula is C28H32N4O3S. The fraction of sp³-hybridized carbons (Fsp3) is 0.357. The lowest BCUT2D eigenvalue weighted by Gasteiger charge is -2.34. The number of anilines is 1. The van der Waals surface area contributed by atoms with Crippen LogP contribution in [0.3, 0.4) is 0 Å². The Morgan fingerprint density at radius 1 is 0.972 bits per heavy atom. The van der Waals surface area contributed by atoms with Gasteiger partial charge in [0.1, 0.15) is 11.9 Å². The van der Waals surface area contributed by atoms with Gasteiger partial charge in [-0.15, -0.1) is 0 Å². The molecule has 0 amide bonds. The fourth-order valence-corrected chi connectivity index (χ4v) is 6.58. The predicted octanol–water partition coefficient (Wildman–Crippen LogP) is 4.96. The molecule has 0 atom stereocenters. The Kier molecular flexibility index (Phi) is 6.47. The minimum atomic E-state index is -3.43. The summed E-state index contributed by atoms with van der Waals surface area (Å²) in [5, 5.41) is 17.8. The van der Waals surface area contributed by atoms with Gasteiger partial charge >= 0.3 is 0 Å². The van der Waals surface area contributed by atoms with Crippen LogP contribution in [-0.2, 0) is 23.0 Å². The van der Waals surface area contributed by atoms with Crippen LogP contribution < -0.4 is 9.04 Å². The molecule has 5 rings (SSSR count). The first-order valence-corrected chi connectivity index (χ1v) is 14.0.